The molecule has 1 aliphatic rings. The highest BCUT2D eigenvalue weighted by molar-refractivity contribution is 9.10. The van der Waals surface area contributed by atoms with E-state index in [-0.39, 0.29) is 0 Å². The van der Waals surface area contributed by atoms with Gasteiger partial charge in [-0.3, -0.25) is 4.68 Å². The second-order valence-electron chi connectivity index (χ2n) is 5.03. The lowest BCUT2D eigenvalue weighted by atomic mass is 9.78. The van der Waals surface area contributed by atoms with Crippen LogP contribution in [0.3, 0.4) is 0 Å². The van der Waals surface area contributed by atoms with Crippen LogP contribution in [0.15, 0.2) is 4.47 Å². The van der Waals surface area contributed by atoms with Crippen LogP contribution in [0.2, 0.25) is 0 Å². The summed E-state index contributed by atoms with van der Waals surface area (Å²) in [5.74, 6) is 0.858. The minimum Gasteiger partial charge on any atom is -0.314 e. The number of hydrogen-bond donors (Lipinski definition) is 1. The quantitative estimate of drug-likeness (QED) is 0.906. The first-order chi connectivity index (χ1) is 8.13. The van der Waals surface area contributed by atoms with Gasteiger partial charge in [-0.25, -0.2) is 0 Å². The number of likely N-dealkylation sites (N-methyl/N-ethyl adjacent to an activating group) is 1. The van der Waals surface area contributed by atoms with Crippen molar-refractivity contribution in [1.82, 2.24) is 15.1 Å². The van der Waals surface area contributed by atoms with E-state index in [1.54, 1.807) is 0 Å². The van der Waals surface area contributed by atoms with Gasteiger partial charge in [0, 0.05) is 19.5 Å². The molecule has 0 spiro atoms. The molecule has 96 valence electrons. The predicted octanol–water partition coefficient (Wildman–Crippen LogP) is 2.81. The maximum Gasteiger partial charge on any atom is 0.0738 e. The largest absolute Gasteiger partial charge is 0.314 e. The Morgan fingerprint density at radius 2 is 2.24 bits per heavy atom. The van der Waals surface area contributed by atoms with Gasteiger partial charge in [0.2, 0.25) is 0 Å². The first-order valence-electron chi connectivity index (χ1n) is 6.54. The normalized spacial score (nSPS) is 18.1. The van der Waals surface area contributed by atoms with Crippen LogP contribution < -0.4 is 5.32 Å². The molecule has 1 aromatic heterocycles. The predicted molar refractivity (Wildman–Crippen MR) is 74.2 cm³/mol. The molecule has 0 aromatic carbocycles. The number of aryl methyl sites for hydroxylation is 2. The van der Waals surface area contributed by atoms with Gasteiger partial charge in [-0.05, 0) is 48.2 Å². The number of rotatable bonds is 5. The van der Waals surface area contributed by atoms with Crippen LogP contribution in [0.4, 0.5) is 0 Å². The molecule has 1 heterocycles. The van der Waals surface area contributed by atoms with Crippen molar-refractivity contribution in [3.05, 3.63) is 15.9 Å². The fourth-order valence-corrected chi connectivity index (χ4v) is 3.12. The van der Waals surface area contributed by atoms with Crippen molar-refractivity contribution in [2.45, 2.75) is 45.6 Å². The van der Waals surface area contributed by atoms with Crippen LogP contribution in [-0.2, 0) is 13.5 Å². The van der Waals surface area contributed by atoms with Gasteiger partial charge in [0.05, 0.1) is 15.9 Å². The van der Waals surface area contributed by atoms with E-state index in [1.165, 1.54) is 29.4 Å². The van der Waals surface area contributed by atoms with Crippen molar-refractivity contribution in [3.63, 3.8) is 0 Å². The van der Waals surface area contributed by atoms with Gasteiger partial charge in [-0.2, -0.15) is 5.10 Å². The highest BCUT2D eigenvalue weighted by atomic mass is 79.9. The molecule has 0 aliphatic heterocycles. The van der Waals surface area contributed by atoms with Gasteiger partial charge >= 0.3 is 0 Å². The molecule has 0 radical (unpaired) electrons. The van der Waals surface area contributed by atoms with Crippen LogP contribution >= 0.6 is 15.9 Å². The summed E-state index contributed by atoms with van der Waals surface area (Å²) in [5, 5.41) is 8.10. The van der Waals surface area contributed by atoms with Crippen molar-refractivity contribution < 1.29 is 0 Å². The van der Waals surface area contributed by atoms with Crippen LogP contribution in [0.5, 0.6) is 0 Å². The van der Waals surface area contributed by atoms with Crippen molar-refractivity contribution in [1.29, 1.82) is 0 Å². The molecular formula is C13H22BrN3. The van der Waals surface area contributed by atoms with Crippen molar-refractivity contribution in [2.75, 3.05) is 6.54 Å². The van der Waals surface area contributed by atoms with Crippen molar-refractivity contribution in [3.8, 4) is 0 Å². The van der Waals surface area contributed by atoms with E-state index in [2.05, 4.69) is 40.2 Å². The lowest BCUT2D eigenvalue weighted by molar-refractivity contribution is 0.227. The zero-order valence-corrected chi connectivity index (χ0v) is 12.5. The van der Waals surface area contributed by atoms with Crippen molar-refractivity contribution >= 4 is 15.9 Å². The van der Waals surface area contributed by atoms with Gasteiger partial charge in [0.1, 0.15) is 0 Å². The molecular weight excluding hydrogens is 278 g/mol. The standard InChI is InChI=1S/C13H22BrN3/c1-4-15-11(10-6-5-7-10)8-12-13(14)9(2)16-17(12)3/h10-11,15H,4-8H2,1-3H3. The summed E-state index contributed by atoms with van der Waals surface area (Å²) in [4.78, 5) is 0. The Hall–Kier alpha value is -0.350. The summed E-state index contributed by atoms with van der Waals surface area (Å²) < 4.78 is 3.20. The lowest BCUT2D eigenvalue weighted by Gasteiger charge is -2.34. The summed E-state index contributed by atoms with van der Waals surface area (Å²) in [6.45, 7) is 5.30. The monoisotopic (exact) mass is 299 g/mol. The highest BCUT2D eigenvalue weighted by Crippen LogP contribution is 2.32. The van der Waals surface area contributed by atoms with Crippen LogP contribution in [-0.4, -0.2) is 22.4 Å². The lowest BCUT2D eigenvalue weighted by Crippen LogP contribution is -2.41. The molecule has 1 unspecified atom stereocenters. The molecule has 2 rings (SSSR count). The zero-order chi connectivity index (χ0) is 12.4. The average Bonchev–Trinajstić information content (AvgIpc) is 2.43. The van der Waals surface area contributed by atoms with Crippen molar-refractivity contribution in [2.24, 2.45) is 13.0 Å². The molecule has 0 amide bonds. The first-order valence-corrected chi connectivity index (χ1v) is 7.34. The first kappa shape index (κ1) is 13.1. The molecule has 1 fully saturated rings. The minimum atomic E-state index is 0.611. The van der Waals surface area contributed by atoms with Gasteiger partial charge < -0.3 is 5.32 Å². The number of aromatic nitrogens is 2. The summed E-state index contributed by atoms with van der Waals surface area (Å²) >= 11 is 3.66. The number of nitrogens with zero attached hydrogens (tertiary/aromatic N) is 2. The molecule has 1 atom stereocenters. The molecule has 1 saturated carbocycles. The Morgan fingerprint density at radius 1 is 1.53 bits per heavy atom. The fourth-order valence-electron chi connectivity index (χ4n) is 2.62. The molecule has 0 bridgehead atoms. The van der Waals surface area contributed by atoms with E-state index in [9.17, 15) is 0 Å². The summed E-state index contributed by atoms with van der Waals surface area (Å²) in [5.41, 5.74) is 2.41. The van der Waals surface area contributed by atoms with Gasteiger partial charge in [0.15, 0.2) is 0 Å². The SMILES string of the molecule is CCNC(Cc1c(Br)c(C)nn1C)C1CCC1. The molecule has 1 aliphatic carbocycles. The Labute approximate surface area is 112 Å². The Morgan fingerprint density at radius 3 is 2.65 bits per heavy atom. The van der Waals surface area contributed by atoms with E-state index in [4.69, 9.17) is 0 Å². The van der Waals surface area contributed by atoms with Crippen LogP contribution in [0.25, 0.3) is 0 Å². The van der Waals surface area contributed by atoms with E-state index in [1.807, 2.05) is 11.7 Å². The summed E-state index contributed by atoms with van der Waals surface area (Å²) in [6.07, 6.45) is 5.24. The molecule has 1 N–H and O–H groups in total. The molecule has 3 nitrogen and oxygen atoms in total. The maximum atomic E-state index is 4.47. The van der Waals surface area contributed by atoms with Crippen LogP contribution in [0, 0.1) is 12.8 Å². The van der Waals surface area contributed by atoms with E-state index < -0.39 is 0 Å². The third-order valence-corrected chi connectivity index (χ3v) is 4.89. The van der Waals surface area contributed by atoms with Gasteiger partial charge in [-0.15, -0.1) is 0 Å². The second-order valence-corrected chi connectivity index (χ2v) is 5.82. The number of nitrogens with one attached hydrogen (secondary N) is 1. The van der Waals surface area contributed by atoms with Gasteiger partial charge in [0.25, 0.3) is 0 Å². The maximum absolute atomic E-state index is 4.47. The molecule has 4 heteroatoms. The van der Waals surface area contributed by atoms with Gasteiger partial charge in [-0.1, -0.05) is 13.3 Å². The molecule has 0 saturated heterocycles. The number of hydrogen-bond acceptors (Lipinski definition) is 2. The molecule has 1 aromatic rings. The van der Waals surface area contributed by atoms with Crippen LogP contribution in [0.1, 0.15) is 37.6 Å². The smallest absolute Gasteiger partial charge is 0.0738 e. The number of halogens is 1. The van der Waals surface area contributed by atoms with E-state index in [0.29, 0.717) is 6.04 Å². The Balaban J connectivity index is 2.10. The van der Waals surface area contributed by atoms with E-state index >= 15 is 0 Å². The van der Waals surface area contributed by atoms with E-state index in [0.717, 1.165) is 24.6 Å². The fraction of sp³-hybridized carbons (Fsp3) is 0.769. The topological polar surface area (TPSA) is 29.9 Å². The highest BCUT2D eigenvalue weighted by Gasteiger charge is 2.28. The Kier molecular flexibility index (Phi) is 4.26. The third-order valence-electron chi connectivity index (χ3n) is 3.86. The zero-order valence-electron chi connectivity index (χ0n) is 11.0. The summed E-state index contributed by atoms with van der Waals surface area (Å²) in [7, 11) is 2.04. The third kappa shape index (κ3) is 2.74. The molecule has 17 heavy (non-hydrogen) atoms. The summed E-state index contributed by atoms with van der Waals surface area (Å²) in [6, 6.07) is 0.611. The average molecular weight is 300 g/mol. The minimum absolute atomic E-state index is 0.611. The Bertz CT molecular complexity index is 382. The second kappa shape index (κ2) is 5.53.